The van der Waals surface area contributed by atoms with E-state index in [1.54, 1.807) is 31.2 Å². The summed E-state index contributed by atoms with van der Waals surface area (Å²) < 4.78 is 32.3. The van der Waals surface area contributed by atoms with Crippen LogP contribution in [0, 0.1) is 0 Å². The summed E-state index contributed by atoms with van der Waals surface area (Å²) in [6.45, 7) is 5.52. The molecule has 1 N–H and O–H groups in total. The molecule has 166 valence electrons. The lowest BCUT2D eigenvalue weighted by Crippen LogP contribution is -2.49. The third-order valence-corrected chi connectivity index (χ3v) is 7.48. The van der Waals surface area contributed by atoms with Crippen molar-refractivity contribution in [2.24, 2.45) is 0 Å². The zero-order chi connectivity index (χ0) is 22.0. The van der Waals surface area contributed by atoms with Crippen molar-refractivity contribution >= 4 is 33.0 Å². The third kappa shape index (κ3) is 4.62. The van der Waals surface area contributed by atoms with Gasteiger partial charge < -0.3 is 19.9 Å². The lowest BCUT2D eigenvalue weighted by molar-refractivity contribution is -0.122. The molecule has 1 saturated heterocycles. The minimum absolute atomic E-state index is 0.0522. The molecule has 2 aliphatic rings. The van der Waals surface area contributed by atoms with Crippen molar-refractivity contribution in [2.75, 3.05) is 60.0 Å². The van der Waals surface area contributed by atoms with Crippen molar-refractivity contribution in [1.29, 1.82) is 0 Å². The fourth-order valence-electron chi connectivity index (χ4n) is 3.80. The van der Waals surface area contributed by atoms with Crippen LogP contribution in [0.5, 0.6) is 5.75 Å². The summed E-state index contributed by atoms with van der Waals surface area (Å²) in [7, 11) is -1.41. The minimum atomic E-state index is -3.53. The Morgan fingerprint density at radius 3 is 2.42 bits per heavy atom. The fraction of sp³-hybridized carbons (Fsp3) is 0.409. The number of sulfonamides is 1. The maximum absolute atomic E-state index is 12.9. The number of nitrogens with zero attached hydrogens (tertiary/aromatic N) is 3. The maximum Gasteiger partial charge on any atom is 0.267 e. The summed E-state index contributed by atoms with van der Waals surface area (Å²) in [6.07, 6.45) is -0.937. The number of benzene rings is 2. The largest absolute Gasteiger partial charge is 0.476 e. The van der Waals surface area contributed by atoms with Crippen LogP contribution in [-0.2, 0) is 14.8 Å². The first-order valence-corrected chi connectivity index (χ1v) is 12.1. The number of nitrogens with one attached hydrogen (secondary N) is 1. The molecule has 2 heterocycles. The smallest absolute Gasteiger partial charge is 0.267 e. The van der Waals surface area contributed by atoms with Gasteiger partial charge >= 0.3 is 0 Å². The molecule has 1 fully saturated rings. The summed E-state index contributed by atoms with van der Waals surface area (Å²) in [5.74, 6) is -0.0434. The molecule has 0 spiro atoms. The Bertz CT molecular complexity index is 1030. The van der Waals surface area contributed by atoms with Crippen molar-refractivity contribution in [3.05, 3.63) is 48.5 Å². The lowest BCUT2D eigenvalue weighted by Gasteiger charge is -2.34. The Hall–Kier alpha value is -2.78. The summed E-state index contributed by atoms with van der Waals surface area (Å²) in [6, 6.07) is 14.6. The van der Waals surface area contributed by atoms with Crippen LogP contribution in [0.3, 0.4) is 0 Å². The molecule has 31 heavy (non-hydrogen) atoms. The number of anilines is 3. The summed E-state index contributed by atoms with van der Waals surface area (Å²) in [5.41, 5.74) is 2.23. The molecule has 8 nitrogen and oxygen atoms in total. The van der Waals surface area contributed by atoms with Gasteiger partial charge in [-0.25, -0.2) is 8.42 Å². The van der Waals surface area contributed by atoms with Gasteiger partial charge in [-0.05, 0) is 50.4 Å². The second kappa shape index (κ2) is 8.76. The number of rotatable bonds is 5. The number of ether oxygens (including phenoxy) is 1. The van der Waals surface area contributed by atoms with Gasteiger partial charge in [0.25, 0.3) is 5.91 Å². The first-order valence-electron chi connectivity index (χ1n) is 10.5. The van der Waals surface area contributed by atoms with Crippen molar-refractivity contribution < 1.29 is 17.9 Å². The van der Waals surface area contributed by atoms with Gasteiger partial charge in [0, 0.05) is 37.6 Å². The van der Waals surface area contributed by atoms with E-state index in [0.717, 1.165) is 31.9 Å². The number of likely N-dealkylation sites (N-methyl/N-ethyl adjacent to an activating group) is 1. The third-order valence-electron chi connectivity index (χ3n) is 5.73. The second-order valence-corrected chi connectivity index (χ2v) is 10.0. The molecule has 1 atom stereocenters. The van der Waals surface area contributed by atoms with Crippen molar-refractivity contribution in [2.45, 2.75) is 13.0 Å². The molecule has 2 aliphatic heterocycles. The van der Waals surface area contributed by atoms with Gasteiger partial charge in [-0.2, -0.15) is 0 Å². The Labute approximate surface area is 183 Å². The molecule has 4 rings (SSSR count). The van der Waals surface area contributed by atoms with Crippen molar-refractivity contribution in [3.63, 3.8) is 0 Å². The predicted molar refractivity (Wildman–Crippen MR) is 122 cm³/mol. The predicted octanol–water partition coefficient (Wildman–Crippen LogP) is 1.99. The molecule has 9 heteroatoms. The number of carbonyl (C=O) groups excluding carboxylic acids is 1. The summed E-state index contributed by atoms with van der Waals surface area (Å²) >= 11 is 0. The van der Waals surface area contributed by atoms with E-state index in [4.69, 9.17) is 4.74 Å². The number of hydrogen-bond donors (Lipinski definition) is 1. The molecular formula is C22H28N4O4S. The standard InChI is InChI=1S/C22H28N4O4S/c1-3-31(28,29)26-16-21(30-20-7-5-4-6-19(20)26)22(27)23-17-8-10-18(11-9-17)25-14-12-24(2)13-15-25/h4-11,21H,3,12-16H2,1-2H3,(H,23,27)/t21-/m1/s1. The molecule has 2 aromatic rings. The number of carbonyl (C=O) groups is 1. The quantitative estimate of drug-likeness (QED) is 0.760. The molecule has 2 aromatic carbocycles. The van der Waals surface area contributed by atoms with E-state index >= 15 is 0 Å². The topological polar surface area (TPSA) is 82.2 Å². The first-order chi connectivity index (χ1) is 14.9. The van der Waals surface area contributed by atoms with E-state index in [2.05, 4.69) is 22.2 Å². The first kappa shape index (κ1) is 21.5. The fourth-order valence-corrected chi connectivity index (χ4v) is 4.93. The Kier molecular flexibility index (Phi) is 6.06. The second-order valence-electron chi connectivity index (χ2n) is 7.83. The highest BCUT2D eigenvalue weighted by Crippen LogP contribution is 2.35. The molecular weight excluding hydrogens is 416 g/mol. The molecule has 0 radical (unpaired) electrons. The average Bonchev–Trinajstić information content (AvgIpc) is 2.79. The number of para-hydroxylation sites is 2. The summed E-state index contributed by atoms with van der Waals surface area (Å²) in [4.78, 5) is 17.5. The Morgan fingerprint density at radius 1 is 1.06 bits per heavy atom. The number of piperazine rings is 1. The van der Waals surface area contributed by atoms with E-state index in [-0.39, 0.29) is 18.2 Å². The summed E-state index contributed by atoms with van der Waals surface area (Å²) in [5, 5.41) is 2.86. The van der Waals surface area contributed by atoms with E-state index in [1.165, 1.54) is 4.31 Å². The van der Waals surface area contributed by atoms with E-state index in [1.807, 2.05) is 24.3 Å². The van der Waals surface area contributed by atoms with Crippen LogP contribution in [0.2, 0.25) is 0 Å². The lowest BCUT2D eigenvalue weighted by atomic mass is 10.2. The molecule has 0 aromatic heterocycles. The van der Waals surface area contributed by atoms with Crippen molar-refractivity contribution in [1.82, 2.24) is 4.90 Å². The van der Waals surface area contributed by atoms with Crippen molar-refractivity contribution in [3.8, 4) is 5.75 Å². The SMILES string of the molecule is CCS(=O)(=O)N1C[C@H](C(=O)Nc2ccc(N3CCN(C)CC3)cc2)Oc2ccccc21. The highest BCUT2D eigenvalue weighted by molar-refractivity contribution is 7.92. The highest BCUT2D eigenvalue weighted by Gasteiger charge is 2.35. The molecule has 0 aliphatic carbocycles. The van der Waals surface area contributed by atoms with Gasteiger partial charge in [0.1, 0.15) is 5.75 Å². The van der Waals surface area contributed by atoms with E-state index in [0.29, 0.717) is 17.1 Å². The van der Waals surface area contributed by atoms with Gasteiger partial charge in [0.15, 0.2) is 6.10 Å². The van der Waals surface area contributed by atoms with Crippen LogP contribution in [-0.4, -0.2) is 70.9 Å². The van der Waals surface area contributed by atoms with Gasteiger partial charge in [-0.3, -0.25) is 9.10 Å². The average molecular weight is 445 g/mol. The van der Waals surface area contributed by atoms with Gasteiger partial charge in [0.2, 0.25) is 10.0 Å². The molecule has 0 bridgehead atoms. The van der Waals surface area contributed by atoms with E-state index < -0.39 is 16.1 Å². The molecule has 0 unspecified atom stereocenters. The van der Waals surface area contributed by atoms with Crippen LogP contribution in [0.25, 0.3) is 0 Å². The Morgan fingerprint density at radius 2 is 1.74 bits per heavy atom. The van der Waals surface area contributed by atoms with Gasteiger partial charge in [-0.1, -0.05) is 12.1 Å². The molecule has 1 amide bonds. The molecule has 0 saturated carbocycles. The minimum Gasteiger partial charge on any atom is -0.476 e. The van der Waals surface area contributed by atoms with Crippen LogP contribution < -0.4 is 19.3 Å². The van der Waals surface area contributed by atoms with Crippen LogP contribution in [0.15, 0.2) is 48.5 Å². The monoisotopic (exact) mass is 444 g/mol. The normalized spacial score (nSPS) is 19.5. The van der Waals surface area contributed by atoms with Crippen LogP contribution in [0.4, 0.5) is 17.1 Å². The Balaban J connectivity index is 1.46. The van der Waals surface area contributed by atoms with Gasteiger partial charge in [-0.15, -0.1) is 0 Å². The number of amides is 1. The zero-order valence-corrected chi connectivity index (χ0v) is 18.6. The number of fused-ring (bicyclic) bond motifs is 1. The van der Waals surface area contributed by atoms with Crippen LogP contribution in [0.1, 0.15) is 6.92 Å². The maximum atomic E-state index is 12.9. The zero-order valence-electron chi connectivity index (χ0n) is 17.8. The van der Waals surface area contributed by atoms with Crippen LogP contribution >= 0.6 is 0 Å². The van der Waals surface area contributed by atoms with Gasteiger partial charge in [0.05, 0.1) is 18.0 Å². The number of hydrogen-bond acceptors (Lipinski definition) is 6. The van der Waals surface area contributed by atoms with E-state index in [9.17, 15) is 13.2 Å². The highest BCUT2D eigenvalue weighted by atomic mass is 32.2.